The second kappa shape index (κ2) is 6.66. The summed E-state index contributed by atoms with van der Waals surface area (Å²) in [4.78, 5) is 4.59. The highest BCUT2D eigenvalue weighted by Crippen LogP contribution is 2.10. The number of nitrogens with zero attached hydrogens (tertiary/aromatic N) is 2. The first-order valence-corrected chi connectivity index (χ1v) is 5.93. The first kappa shape index (κ1) is 13.2. The van der Waals surface area contributed by atoms with Gasteiger partial charge in [-0.05, 0) is 20.3 Å². The Hall–Kier alpha value is -0.870. The lowest BCUT2D eigenvalue weighted by molar-refractivity contribution is 0.199. The van der Waals surface area contributed by atoms with Crippen LogP contribution in [0.5, 0.6) is 0 Å². The van der Waals surface area contributed by atoms with E-state index in [-0.39, 0.29) is 0 Å². The minimum absolute atomic E-state index is 0.743. The fraction of sp³-hybridized carbons (Fsp3) is 0.750. The van der Waals surface area contributed by atoms with Crippen molar-refractivity contribution in [2.75, 3.05) is 20.3 Å². The van der Waals surface area contributed by atoms with E-state index < -0.39 is 0 Å². The maximum Gasteiger partial charge on any atom is 0.123 e. The standard InChI is InChI=1S/C12H23N3O/c1-5-7-15-11(3)10(2)14-12(15)9-13-6-8-16-4/h13H,5-9H2,1-4H3. The minimum atomic E-state index is 0.743. The molecule has 0 radical (unpaired) electrons. The monoisotopic (exact) mass is 225 g/mol. The van der Waals surface area contributed by atoms with E-state index in [1.54, 1.807) is 7.11 Å². The van der Waals surface area contributed by atoms with Gasteiger partial charge < -0.3 is 14.6 Å². The van der Waals surface area contributed by atoms with Gasteiger partial charge >= 0.3 is 0 Å². The predicted octanol–water partition coefficient (Wildman–Crippen LogP) is 1.65. The van der Waals surface area contributed by atoms with Crippen LogP contribution in [0.3, 0.4) is 0 Å². The Morgan fingerprint density at radius 1 is 1.38 bits per heavy atom. The fourth-order valence-corrected chi connectivity index (χ4v) is 1.75. The molecule has 1 aromatic rings. The van der Waals surface area contributed by atoms with Gasteiger partial charge in [0.05, 0.1) is 18.8 Å². The predicted molar refractivity (Wildman–Crippen MR) is 65.6 cm³/mol. The maximum atomic E-state index is 5.00. The molecule has 0 amide bonds. The molecule has 0 aliphatic rings. The summed E-state index contributed by atoms with van der Waals surface area (Å²) in [7, 11) is 1.72. The minimum Gasteiger partial charge on any atom is -0.383 e. The zero-order valence-electron chi connectivity index (χ0n) is 10.8. The van der Waals surface area contributed by atoms with Gasteiger partial charge in [-0.1, -0.05) is 6.92 Å². The highest BCUT2D eigenvalue weighted by Gasteiger charge is 2.09. The van der Waals surface area contributed by atoms with Crippen LogP contribution in [0, 0.1) is 13.8 Å². The molecule has 0 fully saturated rings. The number of ether oxygens (including phenoxy) is 1. The third-order valence-electron chi connectivity index (χ3n) is 2.75. The second-order valence-electron chi connectivity index (χ2n) is 4.02. The molecule has 0 atom stereocenters. The molecule has 0 unspecified atom stereocenters. The van der Waals surface area contributed by atoms with Gasteiger partial charge in [-0.3, -0.25) is 0 Å². The Labute approximate surface area is 98.0 Å². The summed E-state index contributed by atoms with van der Waals surface area (Å²) in [5.41, 5.74) is 2.42. The second-order valence-corrected chi connectivity index (χ2v) is 4.02. The highest BCUT2D eigenvalue weighted by molar-refractivity contribution is 5.14. The lowest BCUT2D eigenvalue weighted by Crippen LogP contribution is -2.21. The fourth-order valence-electron chi connectivity index (χ4n) is 1.75. The lowest BCUT2D eigenvalue weighted by atomic mass is 10.3. The van der Waals surface area contributed by atoms with Crippen LogP contribution < -0.4 is 5.32 Å². The van der Waals surface area contributed by atoms with Gasteiger partial charge in [-0.25, -0.2) is 4.98 Å². The van der Waals surface area contributed by atoms with Crippen LogP contribution in [-0.4, -0.2) is 29.8 Å². The van der Waals surface area contributed by atoms with Crippen LogP contribution in [0.1, 0.15) is 30.6 Å². The van der Waals surface area contributed by atoms with Crippen molar-refractivity contribution < 1.29 is 4.74 Å². The summed E-state index contributed by atoms with van der Waals surface area (Å²) in [6.07, 6.45) is 1.14. The van der Waals surface area contributed by atoms with Crippen LogP contribution >= 0.6 is 0 Å². The third kappa shape index (κ3) is 3.32. The molecule has 0 spiro atoms. The van der Waals surface area contributed by atoms with Crippen molar-refractivity contribution in [3.8, 4) is 0 Å². The van der Waals surface area contributed by atoms with Gasteiger partial charge in [0.25, 0.3) is 0 Å². The van der Waals surface area contributed by atoms with Crippen molar-refractivity contribution in [1.29, 1.82) is 0 Å². The van der Waals surface area contributed by atoms with E-state index >= 15 is 0 Å². The number of hydrogen-bond donors (Lipinski definition) is 1. The van der Waals surface area contributed by atoms with E-state index in [0.29, 0.717) is 0 Å². The number of aromatic nitrogens is 2. The van der Waals surface area contributed by atoms with Crippen molar-refractivity contribution in [1.82, 2.24) is 14.9 Å². The molecular weight excluding hydrogens is 202 g/mol. The zero-order chi connectivity index (χ0) is 12.0. The molecule has 0 aliphatic carbocycles. The Balaban J connectivity index is 2.60. The molecule has 1 aromatic heterocycles. The zero-order valence-corrected chi connectivity index (χ0v) is 10.8. The van der Waals surface area contributed by atoms with E-state index in [4.69, 9.17) is 4.74 Å². The number of imidazole rings is 1. The third-order valence-corrected chi connectivity index (χ3v) is 2.75. The van der Waals surface area contributed by atoms with Crippen molar-refractivity contribution in [3.05, 3.63) is 17.2 Å². The Bertz CT molecular complexity index is 320. The molecule has 0 aromatic carbocycles. The smallest absolute Gasteiger partial charge is 0.123 e. The van der Waals surface area contributed by atoms with E-state index in [2.05, 4.69) is 35.6 Å². The summed E-state index contributed by atoms with van der Waals surface area (Å²) in [6, 6.07) is 0. The van der Waals surface area contributed by atoms with E-state index in [1.165, 1.54) is 5.69 Å². The molecule has 1 N–H and O–H groups in total. The van der Waals surface area contributed by atoms with E-state index in [1.807, 2.05) is 0 Å². The van der Waals surface area contributed by atoms with Gasteiger partial charge in [-0.2, -0.15) is 0 Å². The highest BCUT2D eigenvalue weighted by atomic mass is 16.5. The van der Waals surface area contributed by atoms with Crippen LogP contribution in [-0.2, 0) is 17.8 Å². The van der Waals surface area contributed by atoms with Crippen molar-refractivity contribution in [2.24, 2.45) is 0 Å². The van der Waals surface area contributed by atoms with Gasteiger partial charge in [-0.15, -0.1) is 0 Å². The summed E-state index contributed by atoms with van der Waals surface area (Å²) in [6.45, 7) is 9.87. The van der Waals surface area contributed by atoms with Crippen molar-refractivity contribution >= 4 is 0 Å². The van der Waals surface area contributed by atoms with Crippen LogP contribution in [0.25, 0.3) is 0 Å². The Kier molecular flexibility index (Phi) is 5.49. The van der Waals surface area contributed by atoms with Gasteiger partial charge in [0.2, 0.25) is 0 Å². The lowest BCUT2D eigenvalue weighted by Gasteiger charge is -2.09. The van der Waals surface area contributed by atoms with Gasteiger partial charge in [0, 0.05) is 25.9 Å². The molecule has 4 heteroatoms. The summed E-state index contributed by atoms with van der Waals surface area (Å²) in [5.74, 6) is 1.13. The van der Waals surface area contributed by atoms with Gasteiger partial charge in [0.15, 0.2) is 0 Å². The maximum absolute atomic E-state index is 5.00. The summed E-state index contributed by atoms with van der Waals surface area (Å²) >= 11 is 0. The van der Waals surface area contributed by atoms with Crippen LogP contribution in [0.15, 0.2) is 0 Å². The number of hydrogen-bond acceptors (Lipinski definition) is 3. The molecular formula is C12H23N3O. The number of rotatable bonds is 7. The normalized spacial score (nSPS) is 11.0. The molecule has 92 valence electrons. The average Bonchev–Trinajstić information content (AvgIpc) is 2.53. The van der Waals surface area contributed by atoms with Crippen molar-refractivity contribution in [3.63, 3.8) is 0 Å². The number of aryl methyl sites for hydroxylation is 1. The Morgan fingerprint density at radius 2 is 2.12 bits per heavy atom. The largest absolute Gasteiger partial charge is 0.383 e. The quantitative estimate of drug-likeness (QED) is 0.717. The Morgan fingerprint density at radius 3 is 2.75 bits per heavy atom. The molecule has 4 nitrogen and oxygen atoms in total. The van der Waals surface area contributed by atoms with Crippen molar-refractivity contribution in [2.45, 2.75) is 40.3 Å². The topological polar surface area (TPSA) is 39.1 Å². The molecule has 0 saturated heterocycles. The van der Waals surface area contributed by atoms with E-state index in [0.717, 1.165) is 44.2 Å². The van der Waals surface area contributed by atoms with Crippen LogP contribution in [0.2, 0.25) is 0 Å². The molecule has 1 rings (SSSR count). The SMILES string of the molecule is CCCn1c(CNCCOC)nc(C)c1C. The summed E-state index contributed by atoms with van der Waals surface area (Å²) in [5, 5.41) is 3.33. The van der Waals surface area contributed by atoms with Crippen LogP contribution in [0.4, 0.5) is 0 Å². The first-order chi connectivity index (χ1) is 7.70. The van der Waals surface area contributed by atoms with E-state index in [9.17, 15) is 0 Å². The molecule has 0 saturated carbocycles. The number of nitrogens with one attached hydrogen (secondary N) is 1. The average molecular weight is 225 g/mol. The summed E-state index contributed by atoms with van der Waals surface area (Å²) < 4.78 is 7.30. The molecule has 1 heterocycles. The molecule has 0 aliphatic heterocycles. The number of methoxy groups -OCH3 is 1. The van der Waals surface area contributed by atoms with Gasteiger partial charge in [0.1, 0.15) is 5.82 Å². The molecule has 0 bridgehead atoms. The molecule has 16 heavy (non-hydrogen) atoms. The first-order valence-electron chi connectivity index (χ1n) is 5.93.